The number of nitrogens with zero attached hydrogens (tertiary/aromatic N) is 3. The highest BCUT2D eigenvalue weighted by Gasteiger charge is 2.38. The van der Waals surface area contributed by atoms with E-state index >= 15 is 0 Å². The summed E-state index contributed by atoms with van der Waals surface area (Å²) in [4.78, 5) is 33.7. The van der Waals surface area contributed by atoms with E-state index in [1.807, 2.05) is 36.9 Å². The van der Waals surface area contributed by atoms with Gasteiger partial charge in [-0.05, 0) is 50.5 Å². The van der Waals surface area contributed by atoms with Crippen molar-refractivity contribution in [3.05, 3.63) is 59.9 Å². The van der Waals surface area contributed by atoms with Gasteiger partial charge in [-0.2, -0.15) is 0 Å². The van der Waals surface area contributed by atoms with Crippen LogP contribution in [-0.2, 0) is 6.54 Å². The second-order valence-corrected chi connectivity index (χ2v) is 8.35. The van der Waals surface area contributed by atoms with E-state index in [0.29, 0.717) is 18.7 Å². The van der Waals surface area contributed by atoms with Crippen molar-refractivity contribution in [2.75, 3.05) is 18.0 Å². The Labute approximate surface area is 177 Å². The lowest BCUT2D eigenvalue weighted by atomic mass is 10.1. The third-order valence-corrected chi connectivity index (χ3v) is 5.88. The van der Waals surface area contributed by atoms with Crippen LogP contribution in [0.1, 0.15) is 42.6 Å². The fourth-order valence-corrected chi connectivity index (χ4v) is 4.43. The molecule has 3 heterocycles. The number of hydrogen-bond donors (Lipinski definition) is 2. The number of carbonyl (C=O) groups excluding carboxylic acids is 2. The third-order valence-electron chi connectivity index (χ3n) is 5.88. The van der Waals surface area contributed by atoms with E-state index in [9.17, 15) is 9.59 Å². The second-order valence-electron chi connectivity index (χ2n) is 8.35. The fourth-order valence-electron chi connectivity index (χ4n) is 4.43. The highest BCUT2D eigenvalue weighted by Crippen LogP contribution is 2.34. The highest BCUT2D eigenvalue weighted by atomic mass is 16.2. The molecule has 0 radical (unpaired) electrons. The fraction of sp³-hybridized carbons (Fsp3) is 0.435. The summed E-state index contributed by atoms with van der Waals surface area (Å²) >= 11 is 0. The smallest absolute Gasteiger partial charge is 0.322 e. The maximum atomic E-state index is 12.9. The monoisotopic (exact) mass is 407 g/mol. The summed E-state index contributed by atoms with van der Waals surface area (Å²) in [5.41, 5.74) is 2.69. The van der Waals surface area contributed by atoms with Gasteiger partial charge in [-0.1, -0.05) is 18.2 Å². The number of rotatable bonds is 4. The van der Waals surface area contributed by atoms with Gasteiger partial charge < -0.3 is 10.6 Å². The summed E-state index contributed by atoms with van der Waals surface area (Å²) in [6.45, 7) is 5.97. The molecule has 1 aromatic carbocycles. The average Bonchev–Trinajstić information content (AvgIpc) is 3.03. The molecule has 2 atom stereocenters. The number of para-hydroxylation sites is 1. The Morgan fingerprint density at radius 2 is 2.00 bits per heavy atom. The molecule has 7 nitrogen and oxygen atoms in total. The molecule has 2 N–H and O–H groups in total. The van der Waals surface area contributed by atoms with Gasteiger partial charge in [0.15, 0.2) is 0 Å². The number of fused-ring (bicyclic) bond motifs is 2. The molecular formula is C23H29N5O2. The van der Waals surface area contributed by atoms with Gasteiger partial charge in [0.25, 0.3) is 5.91 Å². The molecule has 0 unspecified atom stereocenters. The first-order chi connectivity index (χ1) is 14.5. The molecule has 2 aliphatic heterocycles. The molecule has 158 valence electrons. The van der Waals surface area contributed by atoms with Crippen molar-refractivity contribution in [3.8, 4) is 0 Å². The van der Waals surface area contributed by atoms with Crippen LogP contribution in [0.15, 0.2) is 48.8 Å². The molecular weight excluding hydrogens is 378 g/mol. The van der Waals surface area contributed by atoms with Gasteiger partial charge >= 0.3 is 6.03 Å². The molecule has 1 saturated heterocycles. The Bertz CT molecular complexity index is 901. The van der Waals surface area contributed by atoms with Gasteiger partial charge in [0, 0.05) is 55.8 Å². The van der Waals surface area contributed by atoms with E-state index < -0.39 is 0 Å². The molecule has 2 aromatic rings. The Kier molecular flexibility index (Phi) is 5.99. The number of benzene rings is 1. The molecule has 2 aliphatic rings. The van der Waals surface area contributed by atoms with E-state index in [1.165, 1.54) is 0 Å². The van der Waals surface area contributed by atoms with Crippen LogP contribution in [0.5, 0.6) is 0 Å². The van der Waals surface area contributed by atoms with Gasteiger partial charge in [0.1, 0.15) is 0 Å². The SMILES string of the molecule is CC(C)NC(=O)N1C[C@@H]2CC[C@H](CNC(=O)c3cccnc3)N2Cc2ccccc21. The van der Waals surface area contributed by atoms with Gasteiger partial charge in [-0.25, -0.2) is 4.79 Å². The van der Waals surface area contributed by atoms with Crippen molar-refractivity contribution in [2.24, 2.45) is 0 Å². The van der Waals surface area contributed by atoms with Gasteiger partial charge in [-0.3, -0.25) is 19.6 Å². The highest BCUT2D eigenvalue weighted by molar-refractivity contribution is 5.94. The second kappa shape index (κ2) is 8.83. The topological polar surface area (TPSA) is 77.6 Å². The van der Waals surface area contributed by atoms with Crippen molar-refractivity contribution in [1.29, 1.82) is 0 Å². The first kappa shape index (κ1) is 20.3. The lowest BCUT2D eigenvalue weighted by Gasteiger charge is -2.30. The molecule has 7 heteroatoms. The first-order valence-electron chi connectivity index (χ1n) is 10.6. The quantitative estimate of drug-likeness (QED) is 0.817. The molecule has 30 heavy (non-hydrogen) atoms. The molecule has 0 bridgehead atoms. The number of pyridine rings is 1. The Morgan fingerprint density at radius 3 is 2.77 bits per heavy atom. The summed E-state index contributed by atoms with van der Waals surface area (Å²) in [5, 5.41) is 6.10. The largest absolute Gasteiger partial charge is 0.350 e. The maximum absolute atomic E-state index is 12.9. The van der Waals surface area contributed by atoms with Crippen LogP contribution >= 0.6 is 0 Å². The molecule has 0 spiro atoms. The van der Waals surface area contributed by atoms with Crippen molar-refractivity contribution in [3.63, 3.8) is 0 Å². The van der Waals surface area contributed by atoms with Crippen LogP contribution in [0, 0.1) is 0 Å². The normalized spacial score (nSPS) is 21.0. The zero-order valence-electron chi connectivity index (χ0n) is 17.5. The minimum Gasteiger partial charge on any atom is -0.350 e. The predicted molar refractivity (Wildman–Crippen MR) is 116 cm³/mol. The summed E-state index contributed by atoms with van der Waals surface area (Å²) < 4.78 is 0. The number of aromatic nitrogens is 1. The van der Waals surface area contributed by atoms with E-state index in [0.717, 1.165) is 30.6 Å². The number of amides is 3. The van der Waals surface area contributed by atoms with Crippen LogP contribution in [0.3, 0.4) is 0 Å². The van der Waals surface area contributed by atoms with Crippen LogP contribution in [-0.4, -0.2) is 53.0 Å². The summed E-state index contributed by atoms with van der Waals surface area (Å²) in [5.74, 6) is -0.0975. The van der Waals surface area contributed by atoms with Crippen LogP contribution in [0.25, 0.3) is 0 Å². The predicted octanol–water partition coefficient (Wildman–Crippen LogP) is 2.78. The zero-order valence-corrected chi connectivity index (χ0v) is 17.5. The Morgan fingerprint density at radius 1 is 1.17 bits per heavy atom. The average molecular weight is 408 g/mol. The maximum Gasteiger partial charge on any atom is 0.322 e. The summed E-state index contributed by atoms with van der Waals surface area (Å²) in [7, 11) is 0. The van der Waals surface area contributed by atoms with Gasteiger partial charge in [0.2, 0.25) is 0 Å². The first-order valence-corrected chi connectivity index (χ1v) is 10.6. The van der Waals surface area contributed by atoms with E-state index in [-0.39, 0.29) is 30.1 Å². The third kappa shape index (κ3) is 4.31. The minimum absolute atomic E-state index is 0.0485. The van der Waals surface area contributed by atoms with E-state index in [4.69, 9.17) is 0 Å². The van der Waals surface area contributed by atoms with Crippen molar-refractivity contribution in [2.45, 2.75) is 51.4 Å². The standard InChI is InChI=1S/C23H29N5O2/c1-16(2)26-23(30)28-15-20-10-9-19(13-25-22(29)17-7-5-11-24-12-17)27(20)14-18-6-3-4-8-21(18)28/h3-8,11-12,16,19-20H,9-10,13-15H2,1-2H3,(H,25,29)(H,26,30)/t19-,20+/m1/s1. The lowest BCUT2D eigenvalue weighted by molar-refractivity contribution is 0.0934. The molecule has 0 aliphatic carbocycles. The van der Waals surface area contributed by atoms with Crippen molar-refractivity contribution in [1.82, 2.24) is 20.5 Å². The van der Waals surface area contributed by atoms with E-state index in [1.54, 1.807) is 24.5 Å². The van der Waals surface area contributed by atoms with Crippen LogP contribution < -0.4 is 15.5 Å². The molecule has 3 amide bonds. The van der Waals surface area contributed by atoms with Crippen LogP contribution in [0.4, 0.5) is 10.5 Å². The minimum atomic E-state index is -0.0975. The Balaban J connectivity index is 1.49. The molecule has 1 aromatic heterocycles. The van der Waals surface area contributed by atoms with Crippen molar-refractivity contribution >= 4 is 17.6 Å². The van der Waals surface area contributed by atoms with E-state index in [2.05, 4.69) is 26.6 Å². The zero-order chi connectivity index (χ0) is 21.1. The number of carbonyl (C=O) groups is 2. The molecule has 0 saturated carbocycles. The molecule has 1 fully saturated rings. The summed E-state index contributed by atoms with van der Waals surface area (Å²) in [6, 6.07) is 12.2. The lowest BCUT2D eigenvalue weighted by Crippen LogP contribution is -2.49. The summed E-state index contributed by atoms with van der Waals surface area (Å²) in [6.07, 6.45) is 5.25. The van der Waals surface area contributed by atoms with Gasteiger partial charge in [-0.15, -0.1) is 0 Å². The van der Waals surface area contributed by atoms with Crippen molar-refractivity contribution < 1.29 is 9.59 Å². The number of urea groups is 1. The van der Waals surface area contributed by atoms with Crippen LogP contribution in [0.2, 0.25) is 0 Å². The molecule has 4 rings (SSSR count). The number of nitrogens with one attached hydrogen (secondary N) is 2. The number of hydrogen-bond acceptors (Lipinski definition) is 4. The Hall–Kier alpha value is -2.93. The number of anilines is 1. The van der Waals surface area contributed by atoms with Gasteiger partial charge in [0.05, 0.1) is 5.56 Å².